The first-order chi connectivity index (χ1) is 19.2. The van der Waals surface area contributed by atoms with Gasteiger partial charge in [0.25, 0.3) is 5.91 Å². The average Bonchev–Trinajstić information content (AvgIpc) is 3.23. The van der Waals surface area contributed by atoms with E-state index >= 15 is 0 Å². The zero-order chi connectivity index (χ0) is 28.8. The molecule has 4 rings (SSSR count). The van der Waals surface area contributed by atoms with E-state index in [0.717, 1.165) is 17.3 Å². The molecule has 1 N–H and O–H groups in total. The van der Waals surface area contributed by atoms with Crippen molar-refractivity contribution in [1.82, 2.24) is 0 Å². The number of methoxy groups -OCH3 is 1. The lowest BCUT2D eigenvalue weighted by molar-refractivity contribution is -0.138. The van der Waals surface area contributed by atoms with Crippen LogP contribution in [-0.2, 0) is 16.1 Å². The molecule has 40 heavy (non-hydrogen) atoms. The summed E-state index contributed by atoms with van der Waals surface area (Å²) in [5.41, 5.74) is 1.38. The third-order valence-corrected chi connectivity index (χ3v) is 7.99. The molecule has 1 amide bonds. The Hall–Kier alpha value is -3.24. The van der Waals surface area contributed by atoms with Crippen molar-refractivity contribution in [2.75, 3.05) is 13.7 Å². The van der Waals surface area contributed by atoms with E-state index in [1.54, 1.807) is 49.4 Å². The second-order valence-electron chi connectivity index (χ2n) is 8.16. The van der Waals surface area contributed by atoms with Crippen molar-refractivity contribution >= 4 is 73.9 Å². The summed E-state index contributed by atoms with van der Waals surface area (Å²) >= 11 is 16.9. The number of esters is 1. The molecule has 206 valence electrons. The van der Waals surface area contributed by atoms with Crippen LogP contribution in [0.5, 0.6) is 11.5 Å². The minimum atomic E-state index is -0.804. The van der Waals surface area contributed by atoms with Gasteiger partial charge in [0.2, 0.25) is 0 Å². The molecular formula is C29H22BrCl2NO6S. The number of ether oxygens (including phenoxy) is 3. The van der Waals surface area contributed by atoms with Gasteiger partial charge in [-0.3, -0.25) is 4.79 Å². The summed E-state index contributed by atoms with van der Waals surface area (Å²) in [5.74, 6) is -0.926. The van der Waals surface area contributed by atoms with Crippen LogP contribution < -0.4 is 9.47 Å². The molecule has 1 aliphatic rings. The number of aliphatic hydroxyl groups is 1. The number of amides is 1. The van der Waals surface area contributed by atoms with E-state index in [-0.39, 0.29) is 45.1 Å². The predicted octanol–water partition coefficient (Wildman–Crippen LogP) is 8.05. The molecule has 0 bridgehead atoms. The maximum Gasteiger partial charge on any atom is 0.344 e. The van der Waals surface area contributed by atoms with Crippen molar-refractivity contribution in [2.45, 2.75) is 13.5 Å². The number of aliphatic imine (C=N–C) groups is 1. The average molecular weight is 663 g/mol. The smallest absolute Gasteiger partial charge is 0.344 e. The number of rotatable bonds is 8. The lowest BCUT2D eigenvalue weighted by Gasteiger charge is -2.14. The number of aliphatic hydroxyl groups excluding tert-OH is 1. The standard InChI is InChI=1S/C29H22BrCl2NO6S/c1-3-38-29(36)25-26(34)24(40-28(25)33-27(35)18-9-5-7-11-21(18)32)13-17-12-22(37-2)23(14-19(17)30)39-15-16-8-4-6-10-20(16)31/h4-14,34H,3,15H2,1-2H3/b24-13-,33-28?. The van der Waals surface area contributed by atoms with Crippen molar-refractivity contribution in [2.24, 2.45) is 4.99 Å². The molecule has 0 radical (unpaired) electrons. The first-order valence-electron chi connectivity index (χ1n) is 11.8. The highest BCUT2D eigenvalue weighted by Gasteiger charge is 2.34. The number of hydrogen-bond donors (Lipinski definition) is 1. The second-order valence-corrected chi connectivity index (χ2v) is 10.9. The number of hydrogen-bond acceptors (Lipinski definition) is 7. The number of thioether (sulfide) groups is 1. The van der Waals surface area contributed by atoms with Crippen LogP contribution in [-0.4, -0.2) is 35.7 Å². The van der Waals surface area contributed by atoms with Crippen molar-refractivity contribution in [3.63, 3.8) is 0 Å². The molecular weight excluding hydrogens is 641 g/mol. The second kappa shape index (κ2) is 13.4. The molecule has 3 aromatic carbocycles. The van der Waals surface area contributed by atoms with Gasteiger partial charge in [-0.2, -0.15) is 0 Å². The Labute approximate surface area is 253 Å². The van der Waals surface area contributed by atoms with Crippen molar-refractivity contribution < 1.29 is 28.9 Å². The summed E-state index contributed by atoms with van der Waals surface area (Å²) in [5, 5.41) is 11.8. The Kier molecular flexibility index (Phi) is 9.97. The van der Waals surface area contributed by atoms with E-state index in [1.807, 2.05) is 18.2 Å². The van der Waals surface area contributed by atoms with Crippen molar-refractivity contribution in [1.29, 1.82) is 0 Å². The molecule has 3 aromatic rings. The molecule has 11 heteroatoms. The molecule has 0 atom stereocenters. The minimum Gasteiger partial charge on any atom is -0.506 e. The summed E-state index contributed by atoms with van der Waals surface area (Å²) in [6, 6.07) is 17.2. The summed E-state index contributed by atoms with van der Waals surface area (Å²) in [6.45, 7) is 1.94. The SMILES string of the molecule is CCOC(=O)C1=C(O)/C(=C/c2cc(OC)c(OCc3ccccc3Cl)cc2Br)SC1=NC(=O)c1ccccc1Cl. The van der Waals surface area contributed by atoms with Crippen LogP contribution in [0.25, 0.3) is 6.08 Å². The van der Waals surface area contributed by atoms with Crippen LogP contribution in [0.3, 0.4) is 0 Å². The normalized spacial score (nSPS) is 15.0. The maximum absolute atomic E-state index is 12.9. The summed E-state index contributed by atoms with van der Waals surface area (Å²) in [7, 11) is 1.51. The number of halogens is 3. The monoisotopic (exact) mass is 661 g/mol. The zero-order valence-corrected chi connectivity index (χ0v) is 25.2. The first kappa shape index (κ1) is 29.7. The van der Waals surface area contributed by atoms with Crippen LogP contribution in [0.15, 0.2) is 86.4 Å². The van der Waals surface area contributed by atoms with Crippen LogP contribution in [0.4, 0.5) is 0 Å². The molecule has 0 spiro atoms. The fourth-order valence-corrected chi connectivity index (χ4v) is 5.47. The van der Waals surface area contributed by atoms with Gasteiger partial charge < -0.3 is 19.3 Å². The third-order valence-electron chi connectivity index (χ3n) is 5.59. The number of nitrogens with zero attached hydrogens (tertiary/aromatic N) is 1. The van der Waals surface area contributed by atoms with E-state index in [1.165, 1.54) is 13.2 Å². The number of benzene rings is 3. The van der Waals surface area contributed by atoms with Gasteiger partial charge in [0.05, 0.1) is 29.2 Å². The van der Waals surface area contributed by atoms with Crippen LogP contribution >= 0.6 is 50.9 Å². The molecule has 0 aliphatic carbocycles. The Morgan fingerprint density at radius 2 is 1.75 bits per heavy atom. The van der Waals surface area contributed by atoms with Gasteiger partial charge >= 0.3 is 5.97 Å². The summed E-state index contributed by atoms with van der Waals surface area (Å²) in [4.78, 5) is 30.0. The fraction of sp³-hybridized carbons (Fsp3) is 0.138. The van der Waals surface area contributed by atoms with Gasteiger partial charge in [-0.1, -0.05) is 81.2 Å². The van der Waals surface area contributed by atoms with Crippen LogP contribution in [0.1, 0.15) is 28.4 Å². The van der Waals surface area contributed by atoms with E-state index in [9.17, 15) is 14.7 Å². The van der Waals surface area contributed by atoms with Gasteiger partial charge in [0.15, 0.2) is 11.5 Å². The largest absolute Gasteiger partial charge is 0.506 e. The Morgan fingerprint density at radius 3 is 2.42 bits per heavy atom. The van der Waals surface area contributed by atoms with Gasteiger partial charge in [0, 0.05) is 15.1 Å². The Morgan fingerprint density at radius 1 is 1.05 bits per heavy atom. The van der Waals surface area contributed by atoms with Crippen molar-refractivity contribution in [3.05, 3.63) is 108 Å². The highest BCUT2D eigenvalue weighted by molar-refractivity contribution is 9.10. The number of carbonyl (C=O) groups is 2. The predicted molar refractivity (Wildman–Crippen MR) is 162 cm³/mol. The fourth-order valence-electron chi connectivity index (χ4n) is 3.62. The van der Waals surface area contributed by atoms with E-state index in [0.29, 0.717) is 26.6 Å². The highest BCUT2D eigenvalue weighted by atomic mass is 79.9. The maximum atomic E-state index is 12.9. The molecule has 0 saturated carbocycles. The summed E-state index contributed by atoms with van der Waals surface area (Å²) in [6.07, 6.45) is 1.63. The molecule has 0 saturated heterocycles. The molecule has 0 aromatic heterocycles. The van der Waals surface area contributed by atoms with Crippen LogP contribution in [0.2, 0.25) is 10.0 Å². The molecule has 0 fully saturated rings. The minimum absolute atomic E-state index is 0.00472. The van der Waals surface area contributed by atoms with Crippen LogP contribution in [0, 0.1) is 0 Å². The van der Waals surface area contributed by atoms with E-state index < -0.39 is 11.9 Å². The Bertz CT molecular complexity index is 1570. The topological polar surface area (TPSA) is 94.4 Å². The van der Waals surface area contributed by atoms with E-state index in [2.05, 4.69) is 20.9 Å². The van der Waals surface area contributed by atoms with Gasteiger partial charge in [0.1, 0.15) is 23.0 Å². The van der Waals surface area contributed by atoms with Crippen molar-refractivity contribution in [3.8, 4) is 11.5 Å². The Balaban J connectivity index is 1.68. The van der Waals surface area contributed by atoms with Gasteiger partial charge in [-0.15, -0.1) is 0 Å². The molecule has 1 heterocycles. The lowest BCUT2D eigenvalue weighted by Crippen LogP contribution is -2.14. The highest BCUT2D eigenvalue weighted by Crippen LogP contribution is 2.42. The first-order valence-corrected chi connectivity index (χ1v) is 14.2. The molecule has 1 aliphatic heterocycles. The number of carbonyl (C=O) groups excluding carboxylic acids is 2. The molecule has 0 unspecified atom stereocenters. The summed E-state index contributed by atoms with van der Waals surface area (Å²) < 4.78 is 17.2. The van der Waals surface area contributed by atoms with Gasteiger partial charge in [-0.25, -0.2) is 9.79 Å². The quantitative estimate of drug-likeness (QED) is 0.244. The zero-order valence-electron chi connectivity index (χ0n) is 21.2. The van der Waals surface area contributed by atoms with E-state index in [4.69, 9.17) is 37.4 Å². The molecule has 7 nitrogen and oxygen atoms in total. The van der Waals surface area contributed by atoms with Gasteiger partial charge in [-0.05, 0) is 48.9 Å². The lowest BCUT2D eigenvalue weighted by atomic mass is 10.1. The third kappa shape index (κ3) is 6.72.